The Morgan fingerprint density at radius 3 is 2.87 bits per heavy atom. The maximum Gasteiger partial charge on any atom is 0.223 e. The van der Waals surface area contributed by atoms with Gasteiger partial charge in [0.2, 0.25) is 5.91 Å². The van der Waals surface area contributed by atoms with Crippen LogP contribution in [-0.4, -0.2) is 36.9 Å². The molecular weight excluding hydrogens is 374 g/mol. The van der Waals surface area contributed by atoms with Gasteiger partial charge in [-0.15, -0.1) is 0 Å². The molecule has 0 aliphatic carbocycles. The van der Waals surface area contributed by atoms with Gasteiger partial charge in [0, 0.05) is 47.0 Å². The summed E-state index contributed by atoms with van der Waals surface area (Å²) in [5, 5.41) is 5.83. The second-order valence-corrected chi connectivity index (χ2v) is 8.39. The summed E-state index contributed by atoms with van der Waals surface area (Å²) in [6.45, 7) is 8.96. The highest BCUT2D eigenvalue weighted by molar-refractivity contribution is 5.86. The topological polar surface area (TPSA) is 66.3 Å². The Morgan fingerprint density at radius 1 is 1.23 bits per heavy atom. The molecule has 1 atom stereocenters. The van der Waals surface area contributed by atoms with Crippen LogP contribution in [0.1, 0.15) is 53.3 Å². The molecule has 1 aliphatic rings. The van der Waals surface area contributed by atoms with Gasteiger partial charge in [0.1, 0.15) is 0 Å². The number of fused-ring (bicyclic) bond motifs is 4. The van der Waals surface area contributed by atoms with Crippen molar-refractivity contribution in [2.45, 2.75) is 53.0 Å². The number of hydrogen-bond donors (Lipinski definition) is 1. The first-order valence-electron chi connectivity index (χ1n) is 10.7. The molecule has 6 heteroatoms. The average molecular weight is 402 g/mol. The molecule has 6 nitrogen and oxygen atoms in total. The number of nitrogens with one attached hydrogen (secondary N) is 1. The van der Waals surface area contributed by atoms with E-state index in [1.165, 1.54) is 16.6 Å². The molecule has 0 saturated carbocycles. The number of aromatic nitrogens is 4. The zero-order valence-corrected chi connectivity index (χ0v) is 18.0. The first-order chi connectivity index (χ1) is 14.4. The van der Waals surface area contributed by atoms with Gasteiger partial charge in [0.15, 0.2) is 5.65 Å². The van der Waals surface area contributed by atoms with Crippen molar-refractivity contribution in [2.75, 3.05) is 6.54 Å². The number of aryl methyl sites for hydroxylation is 3. The van der Waals surface area contributed by atoms with E-state index in [-0.39, 0.29) is 11.9 Å². The number of para-hydroxylation sites is 1. The molecule has 154 valence electrons. The van der Waals surface area contributed by atoms with Crippen molar-refractivity contribution in [3.8, 4) is 0 Å². The summed E-state index contributed by atoms with van der Waals surface area (Å²) >= 11 is 0. The van der Waals surface area contributed by atoms with Crippen LogP contribution in [0.4, 0.5) is 0 Å². The molecule has 0 radical (unpaired) electrons. The van der Waals surface area contributed by atoms with E-state index in [0.29, 0.717) is 12.8 Å². The standard InChI is InChI=1S/C24H27N5O/c1-14-13-22-25-15(2)18(16(3)29(22)27-14)9-10-23(30)28-12-11-20-19-7-5-6-8-21(19)26-24(20)17(28)4/h5-8,13,17,26H,9-12H2,1-4H3/t17-/m0/s1. The second-order valence-electron chi connectivity index (χ2n) is 8.39. The highest BCUT2D eigenvalue weighted by Crippen LogP contribution is 2.34. The Kier molecular flexibility index (Phi) is 4.38. The molecule has 0 bridgehead atoms. The Bertz CT molecular complexity index is 1280. The van der Waals surface area contributed by atoms with Crippen molar-refractivity contribution in [3.63, 3.8) is 0 Å². The molecule has 1 N–H and O–H groups in total. The Hall–Kier alpha value is -3.15. The first-order valence-corrected chi connectivity index (χ1v) is 10.7. The molecule has 1 aromatic carbocycles. The molecule has 0 saturated heterocycles. The number of benzene rings is 1. The smallest absolute Gasteiger partial charge is 0.223 e. The van der Waals surface area contributed by atoms with Crippen molar-refractivity contribution in [1.82, 2.24) is 24.5 Å². The highest BCUT2D eigenvalue weighted by Gasteiger charge is 2.30. The van der Waals surface area contributed by atoms with E-state index < -0.39 is 0 Å². The van der Waals surface area contributed by atoms with Gasteiger partial charge in [0.25, 0.3) is 0 Å². The lowest BCUT2D eigenvalue weighted by molar-refractivity contribution is -0.133. The lowest BCUT2D eigenvalue weighted by atomic mass is 9.97. The molecule has 3 aromatic heterocycles. The number of rotatable bonds is 3. The lowest BCUT2D eigenvalue weighted by Gasteiger charge is -2.34. The van der Waals surface area contributed by atoms with Crippen LogP contribution in [0.3, 0.4) is 0 Å². The fourth-order valence-electron chi connectivity index (χ4n) is 4.95. The Morgan fingerprint density at radius 2 is 2.03 bits per heavy atom. The van der Waals surface area contributed by atoms with Crippen molar-refractivity contribution in [1.29, 1.82) is 0 Å². The summed E-state index contributed by atoms with van der Waals surface area (Å²) in [4.78, 5) is 23.4. The number of amides is 1. The van der Waals surface area contributed by atoms with Crippen LogP contribution in [-0.2, 0) is 17.6 Å². The summed E-state index contributed by atoms with van der Waals surface area (Å²) in [5.74, 6) is 0.197. The van der Waals surface area contributed by atoms with Crippen molar-refractivity contribution in [3.05, 3.63) is 64.2 Å². The third kappa shape index (κ3) is 2.90. The number of nitrogens with zero attached hydrogens (tertiary/aromatic N) is 4. The molecule has 4 aromatic rings. The van der Waals surface area contributed by atoms with Gasteiger partial charge in [-0.25, -0.2) is 9.50 Å². The largest absolute Gasteiger partial charge is 0.356 e. The fraction of sp³-hybridized carbons (Fsp3) is 0.375. The summed E-state index contributed by atoms with van der Waals surface area (Å²) in [5.41, 5.74) is 8.69. The minimum Gasteiger partial charge on any atom is -0.356 e. The Balaban J connectivity index is 1.37. The van der Waals surface area contributed by atoms with Crippen molar-refractivity contribution in [2.24, 2.45) is 0 Å². The minimum atomic E-state index is 0.0604. The van der Waals surface area contributed by atoms with Gasteiger partial charge in [-0.2, -0.15) is 5.10 Å². The molecule has 30 heavy (non-hydrogen) atoms. The number of carbonyl (C=O) groups is 1. The molecule has 1 amide bonds. The normalized spacial score (nSPS) is 16.4. The third-order valence-electron chi connectivity index (χ3n) is 6.53. The Labute approximate surface area is 175 Å². The van der Waals surface area contributed by atoms with Crippen LogP contribution in [0.25, 0.3) is 16.6 Å². The van der Waals surface area contributed by atoms with E-state index >= 15 is 0 Å². The highest BCUT2D eigenvalue weighted by atomic mass is 16.2. The van der Waals surface area contributed by atoms with E-state index in [0.717, 1.165) is 46.8 Å². The molecular formula is C24H27N5O. The third-order valence-corrected chi connectivity index (χ3v) is 6.53. The fourth-order valence-corrected chi connectivity index (χ4v) is 4.95. The SMILES string of the molecule is Cc1cc2nc(C)c(CCC(=O)N3CCc4c([nH]c5ccccc45)[C@@H]3C)c(C)n2n1. The van der Waals surface area contributed by atoms with Crippen LogP contribution in [0, 0.1) is 20.8 Å². The van der Waals surface area contributed by atoms with Crippen LogP contribution < -0.4 is 0 Å². The van der Waals surface area contributed by atoms with Crippen molar-refractivity contribution >= 4 is 22.5 Å². The number of carbonyl (C=O) groups excluding carboxylic acids is 1. The zero-order valence-electron chi connectivity index (χ0n) is 18.0. The molecule has 4 heterocycles. The number of hydrogen-bond acceptors (Lipinski definition) is 3. The van der Waals surface area contributed by atoms with Crippen LogP contribution >= 0.6 is 0 Å². The average Bonchev–Trinajstić information content (AvgIpc) is 3.28. The molecule has 0 spiro atoms. The lowest BCUT2D eigenvalue weighted by Crippen LogP contribution is -2.39. The first kappa shape index (κ1) is 18.9. The summed E-state index contributed by atoms with van der Waals surface area (Å²) in [7, 11) is 0. The monoisotopic (exact) mass is 401 g/mol. The van der Waals surface area contributed by atoms with Gasteiger partial charge >= 0.3 is 0 Å². The summed E-state index contributed by atoms with van der Waals surface area (Å²) in [6, 6.07) is 10.5. The minimum absolute atomic E-state index is 0.0604. The van der Waals surface area contributed by atoms with Gasteiger partial charge in [0.05, 0.1) is 11.7 Å². The van der Waals surface area contributed by atoms with E-state index in [4.69, 9.17) is 0 Å². The van der Waals surface area contributed by atoms with E-state index in [9.17, 15) is 4.79 Å². The predicted molar refractivity (Wildman–Crippen MR) is 118 cm³/mol. The number of aromatic amines is 1. The van der Waals surface area contributed by atoms with Gasteiger partial charge in [-0.3, -0.25) is 4.79 Å². The maximum atomic E-state index is 13.2. The quantitative estimate of drug-likeness (QED) is 0.559. The van der Waals surface area contributed by atoms with Gasteiger partial charge < -0.3 is 9.88 Å². The van der Waals surface area contributed by atoms with Crippen LogP contribution in [0.5, 0.6) is 0 Å². The molecule has 1 aliphatic heterocycles. The second kappa shape index (κ2) is 6.97. The van der Waals surface area contributed by atoms with Crippen molar-refractivity contribution < 1.29 is 4.79 Å². The van der Waals surface area contributed by atoms with Crippen LogP contribution in [0.15, 0.2) is 30.3 Å². The van der Waals surface area contributed by atoms with Gasteiger partial charge in [-0.1, -0.05) is 18.2 Å². The predicted octanol–water partition coefficient (Wildman–Crippen LogP) is 4.21. The summed E-state index contributed by atoms with van der Waals surface area (Å²) < 4.78 is 1.89. The maximum absolute atomic E-state index is 13.2. The van der Waals surface area contributed by atoms with Gasteiger partial charge in [-0.05, 0) is 57.7 Å². The van der Waals surface area contributed by atoms with E-state index in [1.54, 1.807) is 0 Å². The molecule has 5 rings (SSSR count). The van der Waals surface area contributed by atoms with Crippen LogP contribution in [0.2, 0.25) is 0 Å². The molecule has 0 fully saturated rings. The summed E-state index contributed by atoms with van der Waals surface area (Å²) in [6.07, 6.45) is 2.06. The van der Waals surface area contributed by atoms with E-state index in [1.807, 2.05) is 29.3 Å². The zero-order chi connectivity index (χ0) is 21.0. The number of H-pyrrole nitrogens is 1. The van der Waals surface area contributed by atoms with E-state index in [2.05, 4.69) is 53.2 Å². The molecule has 0 unspecified atom stereocenters.